The number of piperidine rings is 1. The van der Waals surface area contributed by atoms with Crippen LogP contribution in [-0.2, 0) is 0 Å². The average Bonchev–Trinajstić information content (AvgIpc) is 2.76. The van der Waals surface area contributed by atoms with E-state index in [4.69, 9.17) is 4.42 Å². The standard InChI is InChI=1S/C12H13BrN2O/c13-9-4-1-5-10-11(9)16-12(15-10)8-3-2-6-14-7-8/h1,4-5,8,14H,2-3,6-7H2. The van der Waals surface area contributed by atoms with Crippen LogP contribution in [0, 0.1) is 0 Å². The molecule has 1 aromatic heterocycles. The normalized spacial score (nSPS) is 21.4. The highest BCUT2D eigenvalue weighted by Crippen LogP contribution is 2.29. The molecule has 1 N–H and O–H groups in total. The third-order valence-corrected chi connectivity index (χ3v) is 3.65. The number of oxazole rings is 1. The molecule has 3 nitrogen and oxygen atoms in total. The maximum Gasteiger partial charge on any atom is 0.199 e. The van der Waals surface area contributed by atoms with Gasteiger partial charge in [0.25, 0.3) is 0 Å². The fourth-order valence-electron chi connectivity index (χ4n) is 2.17. The number of hydrogen-bond donors (Lipinski definition) is 1. The monoisotopic (exact) mass is 280 g/mol. The van der Waals surface area contributed by atoms with Crippen molar-refractivity contribution < 1.29 is 4.42 Å². The van der Waals surface area contributed by atoms with E-state index in [1.165, 1.54) is 6.42 Å². The molecule has 0 bridgehead atoms. The Morgan fingerprint density at radius 1 is 1.44 bits per heavy atom. The Morgan fingerprint density at radius 2 is 2.38 bits per heavy atom. The van der Waals surface area contributed by atoms with Crippen molar-refractivity contribution in [3.63, 3.8) is 0 Å². The van der Waals surface area contributed by atoms with Crippen LogP contribution in [0.4, 0.5) is 0 Å². The summed E-state index contributed by atoms with van der Waals surface area (Å²) < 4.78 is 6.82. The van der Waals surface area contributed by atoms with Gasteiger partial charge in [0, 0.05) is 12.5 Å². The highest BCUT2D eigenvalue weighted by Gasteiger charge is 2.21. The summed E-state index contributed by atoms with van der Waals surface area (Å²) in [7, 11) is 0. The Labute approximate surface area is 102 Å². The van der Waals surface area contributed by atoms with E-state index in [0.717, 1.165) is 41.0 Å². The molecule has 0 spiro atoms. The van der Waals surface area contributed by atoms with Crippen LogP contribution >= 0.6 is 15.9 Å². The van der Waals surface area contributed by atoms with Crippen molar-refractivity contribution in [3.8, 4) is 0 Å². The summed E-state index contributed by atoms with van der Waals surface area (Å²) in [6.07, 6.45) is 2.36. The Hall–Kier alpha value is -0.870. The van der Waals surface area contributed by atoms with Gasteiger partial charge in [0.05, 0.1) is 4.47 Å². The fourth-order valence-corrected chi connectivity index (χ4v) is 2.61. The molecule has 1 aromatic carbocycles. The quantitative estimate of drug-likeness (QED) is 0.873. The van der Waals surface area contributed by atoms with Crippen LogP contribution in [0.25, 0.3) is 11.1 Å². The Kier molecular flexibility index (Phi) is 2.69. The van der Waals surface area contributed by atoms with E-state index in [0.29, 0.717) is 5.92 Å². The molecule has 16 heavy (non-hydrogen) atoms. The topological polar surface area (TPSA) is 38.1 Å². The summed E-state index contributed by atoms with van der Waals surface area (Å²) in [5, 5.41) is 3.38. The van der Waals surface area contributed by atoms with E-state index in [2.05, 4.69) is 26.2 Å². The molecule has 0 aliphatic carbocycles. The molecule has 0 saturated carbocycles. The van der Waals surface area contributed by atoms with Crippen molar-refractivity contribution in [3.05, 3.63) is 28.6 Å². The van der Waals surface area contributed by atoms with Gasteiger partial charge in [-0.2, -0.15) is 0 Å². The minimum Gasteiger partial charge on any atom is -0.439 e. The summed E-state index contributed by atoms with van der Waals surface area (Å²) in [4.78, 5) is 4.56. The smallest absolute Gasteiger partial charge is 0.199 e. The molecule has 84 valence electrons. The van der Waals surface area contributed by atoms with Gasteiger partial charge in [-0.15, -0.1) is 0 Å². The van der Waals surface area contributed by atoms with Gasteiger partial charge in [-0.1, -0.05) is 6.07 Å². The molecule has 2 aromatic rings. The summed E-state index contributed by atoms with van der Waals surface area (Å²) in [6.45, 7) is 2.09. The number of nitrogens with one attached hydrogen (secondary N) is 1. The molecular formula is C12H13BrN2O. The van der Waals surface area contributed by atoms with E-state index in [9.17, 15) is 0 Å². The molecule has 0 radical (unpaired) electrons. The maximum atomic E-state index is 5.84. The van der Waals surface area contributed by atoms with E-state index < -0.39 is 0 Å². The van der Waals surface area contributed by atoms with Crippen molar-refractivity contribution in [2.45, 2.75) is 18.8 Å². The second-order valence-corrected chi connectivity index (χ2v) is 5.04. The van der Waals surface area contributed by atoms with Gasteiger partial charge in [-0.05, 0) is 47.4 Å². The lowest BCUT2D eigenvalue weighted by molar-refractivity contribution is 0.387. The predicted octanol–water partition coefficient (Wildman–Crippen LogP) is 3.06. The van der Waals surface area contributed by atoms with E-state index in [1.807, 2.05) is 18.2 Å². The number of halogens is 1. The fraction of sp³-hybridized carbons (Fsp3) is 0.417. The maximum absolute atomic E-state index is 5.84. The van der Waals surface area contributed by atoms with Gasteiger partial charge in [0.2, 0.25) is 0 Å². The van der Waals surface area contributed by atoms with Crippen molar-refractivity contribution in [1.82, 2.24) is 10.3 Å². The zero-order valence-electron chi connectivity index (χ0n) is 8.87. The van der Waals surface area contributed by atoms with Crippen LogP contribution in [-0.4, -0.2) is 18.1 Å². The summed E-state index contributed by atoms with van der Waals surface area (Å²) in [6, 6.07) is 5.96. The second-order valence-electron chi connectivity index (χ2n) is 4.18. The lowest BCUT2D eigenvalue weighted by atomic mass is 10.00. The van der Waals surface area contributed by atoms with Crippen LogP contribution in [0.1, 0.15) is 24.7 Å². The largest absolute Gasteiger partial charge is 0.439 e. The van der Waals surface area contributed by atoms with Crippen molar-refractivity contribution >= 4 is 27.0 Å². The molecule has 1 aliphatic heterocycles. The number of rotatable bonds is 1. The Bertz CT molecular complexity index is 503. The lowest BCUT2D eigenvalue weighted by Gasteiger charge is -2.19. The summed E-state index contributed by atoms with van der Waals surface area (Å²) >= 11 is 3.48. The Morgan fingerprint density at radius 3 is 3.12 bits per heavy atom. The summed E-state index contributed by atoms with van der Waals surface area (Å²) in [5.74, 6) is 1.29. The first-order valence-corrected chi connectivity index (χ1v) is 6.39. The van der Waals surface area contributed by atoms with Crippen LogP contribution in [0.2, 0.25) is 0 Å². The number of benzene rings is 1. The first kappa shape index (κ1) is 10.3. The van der Waals surface area contributed by atoms with Gasteiger partial charge in [-0.3, -0.25) is 0 Å². The average molecular weight is 281 g/mol. The van der Waals surface area contributed by atoms with E-state index >= 15 is 0 Å². The minimum atomic E-state index is 0.424. The van der Waals surface area contributed by atoms with Gasteiger partial charge in [-0.25, -0.2) is 4.98 Å². The van der Waals surface area contributed by atoms with Gasteiger partial charge >= 0.3 is 0 Å². The van der Waals surface area contributed by atoms with E-state index in [-0.39, 0.29) is 0 Å². The van der Waals surface area contributed by atoms with Gasteiger partial charge in [0.15, 0.2) is 11.5 Å². The van der Waals surface area contributed by atoms with Crippen LogP contribution in [0.15, 0.2) is 27.1 Å². The third kappa shape index (κ3) is 1.76. The first-order chi connectivity index (χ1) is 7.84. The molecule has 1 aliphatic rings. The van der Waals surface area contributed by atoms with Crippen LogP contribution in [0.5, 0.6) is 0 Å². The van der Waals surface area contributed by atoms with Crippen LogP contribution < -0.4 is 5.32 Å². The molecule has 3 rings (SSSR count). The lowest BCUT2D eigenvalue weighted by Crippen LogP contribution is -2.28. The van der Waals surface area contributed by atoms with Crippen molar-refractivity contribution in [1.29, 1.82) is 0 Å². The molecule has 1 atom stereocenters. The highest BCUT2D eigenvalue weighted by molar-refractivity contribution is 9.10. The third-order valence-electron chi connectivity index (χ3n) is 3.03. The van der Waals surface area contributed by atoms with Gasteiger partial charge in [0.1, 0.15) is 5.52 Å². The number of para-hydroxylation sites is 1. The summed E-state index contributed by atoms with van der Waals surface area (Å²) in [5.41, 5.74) is 1.80. The Balaban J connectivity index is 2.01. The predicted molar refractivity (Wildman–Crippen MR) is 66.6 cm³/mol. The number of nitrogens with zero attached hydrogens (tertiary/aromatic N) is 1. The molecule has 1 unspecified atom stereocenters. The van der Waals surface area contributed by atoms with Crippen molar-refractivity contribution in [2.24, 2.45) is 0 Å². The van der Waals surface area contributed by atoms with Gasteiger partial charge < -0.3 is 9.73 Å². The molecule has 2 heterocycles. The highest BCUT2D eigenvalue weighted by atomic mass is 79.9. The zero-order valence-corrected chi connectivity index (χ0v) is 10.5. The molecule has 1 fully saturated rings. The van der Waals surface area contributed by atoms with Crippen LogP contribution in [0.3, 0.4) is 0 Å². The van der Waals surface area contributed by atoms with E-state index in [1.54, 1.807) is 0 Å². The SMILES string of the molecule is Brc1cccc2nc(C3CCCNC3)oc12. The molecule has 1 saturated heterocycles. The minimum absolute atomic E-state index is 0.424. The zero-order chi connectivity index (χ0) is 11.0. The molecular weight excluding hydrogens is 268 g/mol. The first-order valence-electron chi connectivity index (χ1n) is 5.60. The number of hydrogen-bond acceptors (Lipinski definition) is 3. The molecule has 0 amide bonds. The number of fused-ring (bicyclic) bond motifs is 1. The number of aromatic nitrogens is 1. The molecule has 4 heteroatoms. The second kappa shape index (κ2) is 4.18. The van der Waals surface area contributed by atoms with Crippen molar-refractivity contribution in [2.75, 3.05) is 13.1 Å².